The highest BCUT2D eigenvalue weighted by Gasteiger charge is 2.14. The van der Waals surface area contributed by atoms with E-state index < -0.39 is 5.97 Å². The number of nitrogens with zero attached hydrogens (tertiary/aromatic N) is 2. The molecule has 0 saturated carbocycles. The second-order valence-electron chi connectivity index (χ2n) is 4.42. The topological polar surface area (TPSA) is 55.1 Å². The van der Waals surface area contributed by atoms with Crippen LogP contribution in [0.5, 0.6) is 0 Å². The van der Waals surface area contributed by atoms with Crippen LogP contribution in [0.2, 0.25) is 0 Å². The Hall–Kier alpha value is -2.17. The summed E-state index contributed by atoms with van der Waals surface area (Å²) >= 11 is 0. The zero-order valence-corrected chi connectivity index (χ0v) is 10.9. The predicted molar refractivity (Wildman–Crippen MR) is 69.3 cm³/mol. The normalized spacial score (nSPS) is 10.7. The molecule has 0 fully saturated rings. The second-order valence-corrected chi connectivity index (χ2v) is 4.42. The van der Waals surface area contributed by atoms with Gasteiger partial charge in [-0.15, -0.1) is 0 Å². The molecule has 0 radical (unpaired) electrons. The Morgan fingerprint density at radius 2 is 2.00 bits per heavy atom. The first kappa shape index (κ1) is 13.3. The lowest BCUT2D eigenvalue weighted by atomic mass is 10.1. The summed E-state index contributed by atoms with van der Waals surface area (Å²) in [5.74, 6) is -0.405. The molecule has 1 heterocycles. The number of aryl methyl sites for hydroxylation is 2. The van der Waals surface area contributed by atoms with Gasteiger partial charge in [0.1, 0.15) is 11.6 Å². The maximum absolute atomic E-state index is 12.9. The van der Waals surface area contributed by atoms with E-state index in [1.54, 1.807) is 12.1 Å². The molecule has 0 unspecified atom stereocenters. The van der Waals surface area contributed by atoms with Crippen molar-refractivity contribution in [1.29, 1.82) is 0 Å². The first-order valence-electron chi connectivity index (χ1n) is 5.99. The average molecular weight is 262 g/mol. The molecule has 5 heteroatoms. The predicted octanol–water partition coefficient (Wildman–Crippen LogP) is 2.55. The van der Waals surface area contributed by atoms with Gasteiger partial charge >= 0.3 is 5.97 Å². The minimum atomic E-state index is -0.844. The van der Waals surface area contributed by atoms with Crippen LogP contribution >= 0.6 is 0 Å². The van der Waals surface area contributed by atoms with E-state index in [4.69, 9.17) is 5.11 Å². The molecular weight excluding hydrogens is 247 g/mol. The highest BCUT2D eigenvalue weighted by Crippen LogP contribution is 2.24. The Morgan fingerprint density at radius 3 is 2.58 bits per heavy atom. The van der Waals surface area contributed by atoms with E-state index in [1.165, 1.54) is 12.1 Å². The third-order valence-electron chi connectivity index (χ3n) is 3.04. The quantitative estimate of drug-likeness (QED) is 0.921. The number of imidazole rings is 1. The summed E-state index contributed by atoms with van der Waals surface area (Å²) in [6.45, 7) is 1.86. The maximum atomic E-state index is 12.9. The molecule has 100 valence electrons. The fourth-order valence-corrected chi connectivity index (χ4v) is 2.15. The van der Waals surface area contributed by atoms with Gasteiger partial charge in [-0.25, -0.2) is 9.37 Å². The standard InChI is InChI=1S/C14H15FN2O2/c1-9-14(10-3-5-11(15)6-4-10)17(2)12(16-9)7-8-13(18)19/h3-6H,7-8H2,1-2H3,(H,18,19). The zero-order chi connectivity index (χ0) is 14.0. The molecule has 4 nitrogen and oxygen atoms in total. The van der Waals surface area contributed by atoms with Crippen LogP contribution in [-0.2, 0) is 18.3 Å². The summed E-state index contributed by atoms with van der Waals surface area (Å²) < 4.78 is 14.8. The zero-order valence-electron chi connectivity index (χ0n) is 10.9. The number of aromatic nitrogens is 2. The first-order chi connectivity index (χ1) is 8.99. The van der Waals surface area contributed by atoms with Crippen LogP contribution in [0.3, 0.4) is 0 Å². The Kier molecular flexibility index (Phi) is 3.64. The summed E-state index contributed by atoms with van der Waals surface area (Å²) in [6, 6.07) is 6.19. The van der Waals surface area contributed by atoms with Crippen molar-refractivity contribution in [3.63, 3.8) is 0 Å². The van der Waals surface area contributed by atoms with E-state index in [0.717, 1.165) is 22.8 Å². The van der Waals surface area contributed by atoms with Crippen molar-refractivity contribution in [1.82, 2.24) is 9.55 Å². The molecule has 2 rings (SSSR count). The van der Waals surface area contributed by atoms with Gasteiger partial charge in [0.25, 0.3) is 0 Å². The number of carboxylic acids is 1. The van der Waals surface area contributed by atoms with Gasteiger partial charge in [0, 0.05) is 19.0 Å². The third kappa shape index (κ3) is 2.81. The number of halogens is 1. The summed E-state index contributed by atoms with van der Waals surface area (Å²) in [7, 11) is 1.84. The van der Waals surface area contributed by atoms with Crippen molar-refractivity contribution >= 4 is 5.97 Å². The monoisotopic (exact) mass is 262 g/mol. The lowest BCUT2D eigenvalue weighted by Crippen LogP contribution is -2.04. The largest absolute Gasteiger partial charge is 0.481 e. The first-order valence-corrected chi connectivity index (χ1v) is 5.99. The molecule has 0 atom stereocenters. The number of carbonyl (C=O) groups is 1. The van der Waals surface area contributed by atoms with Crippen molar-refractivity contribution in [3.8, 4) is 11.3 Å². The number of hydrogen-bond acceptors (Lipinski definition) is 2. The minimum Gasteiger partial charge on any atom is -0.481 e. The van der Waals surface area contributed by atoms with Crippen LogP contribution in [0, 0.1) is 12.7 Å². The molecule has 0 amide bonds. The van der Waals surface area contributed by atoms with Crippen molar-refractivity contribution in [2.75, 3.05) is 0 Å². The molecule has 1 aromatic heterocycles. The molecule has 0 aliphatic heterocycles. The molecule has 0 bridgehead atoms. The van der Waals surface area contributed by atoms with Gasteiger partial charge in [-0.1, -0.05) is 0 Å². The summed E-state index contributed by atoms with van der Waals surface area (Å²) in [6.07, 6.45) is 0.432. The fraction of sp³-hybridized carbons (Fsp3) is 0.286. The van der Waals surface area contributed by atoms with E-state index in [-0.39, 0.29) is 12.2 Å². The highest BCUT2D eigenvalue weighted by molar-refractivity contribution is 5.67. The molecule has 19 heavy (non-hydrogen) atoms. The van der Waals surface area contributed by atoms with Gasteiger partial charge in [0.2, 0.25) is 0 Å². The molecule has 2 aromatic rings. The van der Waals surface area contributed by atoms with E-state index in [2.05, 4.69) is 4.98 Å². The fourth-order valence-electron chi connectivity index (χ4n) is 2.15. The molecule has 0 aliphatic rings. The molecular formula is C14H15FN2O2. The maximum Gasteiger partial charge on any atom is 0.303 e. The lowest BCUT2D eigenvalue weighted by molar-refractivity contribution is -0.137. The van der Waals surface area contributed by atoms with Gasteiger partial charge in [0.05, 0.1) is 17.8 Å². The number of hydrogen-bond donors (Lipinski definition) is 1. The number of rotatable bonds is 4. The van der Waals surface area contributed by atoms with E-state index in [1.807, 2.05) is 18.5 Å². The molecule has 1 N–H and O–H groups in total. The van der Waals surface area contributed by atoms with Crippen LogP contribution in [-0.4, -0.2) is 20.6 Å². The van der Waals surface area contributed by atoms with Gasteiger partial charge < -0.3 is 9.67 Å². The Labute approximate surface area is 110 Å². The van der Waals surface area contributed by atoms with E-state index >= 15 is 0 Å². The van der Waals surface area contributed by atoms with Crippen LogP contribution in [0.15, 0.2) is 24.3 Å². The SMILES string of the molecule is Cc1nc(CCC(=O)O)n(C)c1-c1ccc(F)cc1. The smallest absolute Gasteiger partial charge is 0.303 e. The summed E-state index contributed by atoms with van der Waals surface area (Å²) in [5.41, 5.74) is 2.57. The summed E-state index contributed by atoms with van der Waals surface area (Å²) in [4.78, 5) is 15.0. The van der Waals surface area contributed by atoms with Gasteiger partial charge in [-0.2, -0.15) is 0 Å². The highest BCUT2D eigenvalue weighted by atomic mass is 19.1. The van der Waals surface area contributed by atoms with Crippen LogP contribution in [0.1, 0.15) is 17.9 Å². The Balaban J connectivity index is 2.36. The van der Waals surface area contributed by atoms with Crippen molar-refractivity contribution in [2.24, 2.45) is 7.05 Å². The lowest BCUT2D eigenvalue weighted by Gasteiger charge is -2.06. The van der Waals surface area contributed by atoms with Gasteiger partial charge in [-0.05, 0) is 31.2 Å². The van der Waals surface area contributed by atoms with E-state index in [0.29, 0.717) is 6.42 Å². The molecule has 0 aliphatic carbocycles. The van der Waals surface area contributed by atoms with Gasteiger partial charge in [-0.3, -0.25) is 4.79 Å². The van der Waals surface area contributed by atoms with Crippen molar-refractivity contribution in [2.45, 2.75) is 19.8 Å². The second kappa shape index (κ2) is 5.22. The van der Waals surface area contributed by atoms with Crippen LogP contribution < -0.4 is 0 Å². The van der Waals surface area contributed by atoms with Crippen LogP contribution in [0.25, 0.3) is 11.3 Å². The average Bonchev–Trinajstić information content (AvgIpc) is 2.63. The van der Waals surface area contributed by atoms with Crippen molar-refractivity contribution in [3.05, 3.63) is 41.6 Å². The summed E-state index contributed by atoms with van der Waals surface area (Å²) in [5, 5.41) is 8.71. The van der Waals surface area contributed by atoms with Crippen LogP contribution in [0.4, 0.5) is 4.39 Å². The van der Waals surface area contributed by atoms with E-state index in [9.17, 15) is 9.18 Å². The third-order valence-corrected chi connectivity index (χ3v) is 3.04. The van der Waals surface area contributed by atoms with Crippen molar-refractivity contribution < 1.29 is 14.3 Å². The Morgan fingerprint density at radius 1 is 1.37 bits per heavy atom. The number of carboxylic acid groups (broad SMARTS) is 1. The molecule has 0 saturated heterocycles. The molecule has 1 aromatic carbocycles. The minimum absolute atomic E-state index is 0.0488. The Bertz CT molecular complexity index is 603. The number of aliphatic carboxylic acids is 1. The van der Waals surface area contributed by atoms with Gasteiger partial charge in [0.15, 0.2) is 0 Å². The molecule has 0 spiro atoms. The number of benzene rings is 1.